The largest absolute Gasteiger partial charge is 0.378 e. The standard InChI is InChI=1S/C16H28N2O3.ClH/c1-2-20-14-9-13(16(14)7-3-4-8-16)18-15(19)12-6-5-11(10-17)21-12;/h11-14H,2-10,17H2,1H3,(H,18,19);1H/t11-,12+,13?,14?;/m1./s1. The molecule has 3 N–H and O–H groups in total. The predicted octanol–water partition coefficient (Wildman–Crippen LogP) is 1.77. The van der Waals surface area contributed by atoms with Crippen LogP contribution >= 0.6 is 12.4 Å². The van der Waals surface area contributed by atoms with Crippen molar-refractivity contribution < 1.29 is 14.3 Å². The topological polar surface area (TPSA) is 73.6 Å². The first-order valence-corrected chi connectivity index (χ1v) is 8.47. The number of hydrogen-bond acceptors (Lipinski definition) is 4. The third-order valence-electron chi connectivity index (χ3n) is 5.67. The third-order valence-corrected chi connectivity index (χ3v) is 5.67. The van der Waals surface area contributed by atoms with Gasteiger partial charge in [-0.15, -0.1) is 12.4 Å². The summed E-state index contributed by atoms with van der Waals surface area (Å²) in [5.41, 5.74) is 5.80. The van der Waals surface area contributed by atoms with Crippen LogP contribution in [-0.4, -0.2) is 43.4 Å². The van der Waals surface area contributed by atoms with Gasteiger partial charge in [-0.05, 0) is 39.0 Å². The number of halogens is 1. The lowest BCUT2D eigenvalue weighted by Gasteiger charge is -2.54. The highest BCUT2D eigenvalue weighted by Gasteiger charge is 2.57. The average molecular weight is 333 g/mol. The number of carbonyl (C=O) groups excluding carboxylic acids is 1. The highest BCUT2D eigenvalue weighted by molar-refractivity contribution is 5.85. The second-order valence-electron chi connectivity index (χ2n) is 6.74. The Morgan fingerprint density at radius 1 is 1.36 bits per heavy atom. The number of hydrogen-bond donors (Lipinski definition) is 2. The minimum absolute atomic E-state index is 0. The molecule has 22 heavy (non-hydrogen) atoms. The van der Waals surface area contributed by atoms with Crippen LogP contribution in [0.25, 0.3) is 0 Å². The van der Waals surface area contributed by atoms with Crippen LogP contribution in [0.2, 0.25) is 0 Å². The van der Waals surface area contributed by atoms with Crippen LogP contribution in [0.5, 0.6) is 0 Å². The van der Waals surface area contributed by atoms with Crippen LogP contribution in [0.3, 0.4) is 0 Å². The molecule has 2 aliphatic carbocycles. The maximum atomic E-state index is 12.4. The molecule has 0 aromatic rings. The Morgan fingerprint density at radius 2 is 2.09 bits per heavy atom. The molecule has 4 atom stereocenters. The monoisotopic (exact) mass is 332 g/mol. The molecule has 3 rings (SSSR count). The Kier molecular flexibility index (Phi) is 6.11. The molecule has 6 heteroatoms. The molecule has 3 fully saturated rings. The molecule has 0 aromatic carbocycles. The number of carbonyl (C=O) groups is 1. The van der Waals surface area contributed by atoms with Crippen molar-refractivity contribution in [1.82, 2.24) is 5.32 Å². The van der Waals surface area contributed by atoms with Crippen LogP contribution in [0.15, 0.2) is 0 Å². The second-order valence-corrected chi connectivity index (χ2v) is 6.74. The van der Waals surface area contributed by atoms with E-state index in [1.165, 1.54) is 25.7 Å². The van der Waals surface area contributed by atoms with Crippen LogP contribution in [-0.2, 0) is 14.3 Å². The smallest absolute Gasteiger partial charge is 0.249 e. The normalized spacial score (nSPS) is 35.9. The summed E-state index contributed by atoms with van der Waals surface area (Å²) < 4.78 is 11.6. The van der Waals surface area contributed by atoms with Gasteiger partial charge >= 0.3 is 0 Å². The average Bonchev–Trinajstić information content (AvgIpc) is 3.16. The molecule has 0 aromatic heterocycles. The van der Waals surface area contributed by atoms with E-state index in [2.05, 4.69) is 5.32 Å². The van der Waals surface area contributed by atoms with Gasteiger partial charge in [-0.25, -0.2) is 0 Å². The van der Waals surface area contributed by atoms with E-state index < -0.39 is 0 Å². The van der Waals surface area contributed by atoms with Crippen molar-refractivity contribution in [3.05, 3.63) is 0 Å². The molecular formula is C16H29ClN2O3. The molecule has 1 amide bonds. The van der Waals surface area contributed by atoms with Gasteiger partial charge in [-0.2, -0.15) is 0 Å². The molecule has 3 aliphatic rings. The van der Waals surface area contributed by atoms with E-state index in [1.54, 1.807) is 0 Å². The lowest BCUT2D eigenvalue weighted by atomic mass is 9.60. The quantitative estimate of drug-likeness (QED) is 0.804. The van der Waals surface area contributed by atoms with Crippen molar-refractivity contribution in [3.63, 3.8) is 0 Å². The molecule has 1 aliphatic heterocycles. The first-order chi connectivity index (χ1) is 10.2. The zero-order valence-corrected chi connectivity index (χ0v) is 14.2. The van der Waals surface area contributed by atoms with Gasteiger partial charge in [0.2, 0.25) is 5.91 Å². The Hall–Kier alpha value is -0.360. The molecule has 5 nitrogen and oxygen atoms in total. The first-order valence-electron chi connectivity index (χ1n) is 8.47. The molecule has 1 heterocycles. The van der Waals surface area contributed by atoms with E-state index in [1.807, 2.05) is 6.92 Å². The van der Waals surface area contributed by atoms with Gasteiger partial charge in [0.05, 0.1) is 12.2 Å². The molecule has 1 saturated heterocycles. The van der Waals surface area contributed by atoms with Crippen LogP contribution < -0.4 is 11.1 Å². The van der Waals surface area contributed by atoms with Crippen molar-refractivity contribution >= 4 is 18.3 Å². The van der Waals surface area contributed by atoms with Crippen molar-refractivity contribution in [2.24, 2.45) is 11.1 Å². The summed E-state index contributed by atoms with van der Waals surface area (Å²) >= 11 is 0. The first kappa shape index (κ1) is 18.0. The lowest BCUT2D eigenvalue weighted by molar-refractivity contribution is -0.150. The van der Waals surface area contributed by atoms with Crippen LogP contribution in [0, 0.1) is 5.41 Å². The van der Waals surface area contributed by atoms with E-state index in [-0.39, 0.29) is 42.0 Å². The third kappa shape index (κ3) is 3.14. The molecular weight excluding hydrogens is 304 g/mol. The van der Waals surface area contributed by atoms with Gasteiger partial charge in [-0.1, -0.05) is 12.8 Å². The van der Waals surface area contributed by atoms with E-state index in [9.17, 15) is 4.79 Å². The molecule has 1 spiro atoms. The Labute approximate surface area is 139 Å². The summed E-state index contributed by atoms with van der Waals surface area (Å²) in [6.07, 6.45) is 7.59. The summed E-state index contributed by atoms with van der Waals surface area (Å²) in [6.45, 7) is 3.31. The summed E-state index contributed by atoms with van der Waals surface area (Å²) in [5, 5.41) is 3.24. The van der Waals surface area contributed by atoms with E-state index in [0.29, 0.717) is 12.6 Å². The molecule has 0 radical (unpaired) electrons. The van der Waals surface area contributed by atoms with Crippen molar-refractivity contribution in [3.8, 4) is 0 Å². The Balaban J connectivity index is 0.00000176. The van der Waals surface area contributed by atoms with E-state index in [4.69, 9.17) is 15.2 Å². The Bertz CT molecular complexity index is 388. The molecule has 0 bridgehead atoms. The fraction of sp³-hybridized carbons (Fsp3) is 0.938. The zero-order valence-electron chi connectivity index (χ0n) is 13.4. The van der Waals surface area contributed by atoms with E-state index >= 15 is 0 Å². The maximum absolute atomic E-state index is 12.4. The SMILES string of the molecule is CCOC1CC(NC(=O)[C@@H]2CC[C@H](CN)O2)C12CCCC2.Cl. The maximum Gasteiger partial charge on any atom is 0.249 e. The fourth-order valence-electron chi connectivity index (χ4n) is 4.43. The molecule has 2 saturated carbocycles. The van der Waals surface area contributed by atoms with Gasteiger partial charge in [-0.3, -0.25) is 4.79 Å². The van der Waals surface area contributed by atoms with E-state index in [0.717, 1.165) is 25.9 Å². The summed E-state index contributed by atoms with van der Waals surface area (Å²) in [5.74, 6) is 0.0529. The second kappa shape index (κ2) is 7.47. The van der Waals surface area contributed by atoms with Crippen LogP contribution in [0.1, 0.15) is 51.9 Å². The molecule has 2 unspecified atom stereocenters. The highest BCUT2D eigenvalue weighted by atomic mass is 35.5. The predicted molar refractivity (Wildman–Crippen MR) is 87.1 cm³/mol. The number of nitrogens with one attached hydrogen (secondary N) is 1. The van der Waals surface area contributed by atoms with Gasteiger partial charge in [0, 0.05) is 24.6 Å². The minimum atomic E-state index is -0.303. The number of amides is 1. The minimum Gasteiger partial charge on any atom is -0.378 e. The Morgan fingerprint density at radius 3 is 2.68 bits per heavy atom. The van der Waals surface area contributed by atoms with Gasteiger partial charge < -0.3 is 20.5 Å². The summed E-state index contributed by atoms with van der Waals surface area (Å²) in [4.78, 5) is 12.4. The lowest BCUT2D eigenvalue weighted by Crippen LogP contribution is -2.64. The number of ether oxygens (including phenoxy) is 2. The van der Waals surface area contributed by atoms with Crippen LogP contribution in [0.4, 0.5) is 0 Å². The number of nitrogens with two attached hydrogens (primary N) is 1. The summed E-state index contributed by atoms with van der Waals surface area (Å²) in [7, 11) is 0. The van der Waals surface area contributed by atoms with Crippen molar-refractivity contribution in [2.75, 3.05) is 13.2 Å². The summed E-state index contributed by atoms with van der Waals surface area (Å²) in [6, 6.07) is 0.268. The molecule has 128 valence electrons. The van der Waals surface area contributed by atoms with Gasteiger partial charge in [0.15, 0.2) is 0 Å². The van der Waals surface area contributed by atoms with Crippen molar-refractivity contribution in [1.29, 1.82) is 0 Å². The highest BCUT2D eigenvalue weighted by Crippen LogP contribution is 2.54. The van der Waals surface area contributed by atoms with Crippen molar-refractivity contribution in [2.45, 2.75) is 76.2 Å². The number of rotatable bonds is 5. The van der Waals surface area contributed by atoms with Gasteiger partial charge in [0.1, 0.15) is 6.10 Å². The zero-order chi connectivity index (χ0) is 14.9. The fourth-order valence-corrected chi connectivity index (χ4v) is 4.43. The van der Waals surface area contributed by atoms with Gasteiger partial charge in [0.25, 0.3) is 0 Å².